The van der Waals surface area contributed by atoms with Gasteiger partial charge in [0.1, 0.15) is 37.1 Å². The molecule has 0 spiro atoms. The molecule has 0 bridgehead atoms. The molecule has 0 aromatic carbocycles. The van der Waals surface area contributed by atoms with Gasteiger partial charge < -0.3 is 45.2 Å². The Morgan fingerprint density at radius 3 is 2.12 bits per heavy atom. The number of hydrogen-bond donors (Lipinski definition) is 8. The van der Waals surface area contributed by atoms with E-state index in [0.717, 1.165) is 0 Å². The molecule has 0 amide bonds. The molecule has 13 heteroatoms. The first-order valence-electron chi connectivity index (χ1n) is 6.87. The highest BCUT2D eigenvalue weighted by molar-refractivity contribution is 7.46. The SMILES string of the molecule is O=C(COP(=O)(O)O)[C@@H](O)[C@H](O)C[C@H]1O[C@H](CO)[C@@H](O)[C@H](O)[C@@H]1O. The number of hydrogen-bond acceptors (Lipinski definition) is 10. The lowest BCUT2D eigenvalue weighted by Gasteiger charge is -2.40. The highest BCUT2D eigenvalue weighted by atomic mass is 31.2. The summed E-state index contributed by atoms with van der Waals surface area (Å²) in [5.74, 6) is -1.23. The number of aliphatic hydroxyl groups excluding tert-OH is 6. The van der Waals surface area contributed by atoms with Gasteiger partial charge in [0.2, 0.25) is 0 Å². The number of carbonyl (C=O) groups is 1. The molecule has 7 atom stereocenters. The Morgan fingerprint density at radius 1 is 1.08 bits per heavy atom. The number of phosphoric ester groups is 1. The van der Waals surface area contributed by atoms with Crippen molar-refractivity contribution in [3.63, 3.8) is 0 Å². The average molecular weight is 376 g/mol. The van der Waals surface area contributed by atoms with Gasteiger partial charge in [-0.1, -0.05) is 0 Å². The number of carbonyl (C=O) groups excluding carboxylic acids is 1. The van der Waals surface area contributed by atoms with E-state index in [4.69, 9.17) is 19.6 Å². The Kier molecular flexibility index (Phi) is 7.84. The van der Waals surface area contributed by atoms with Crippen LogP contribution in [0.2, 0.25) is 0 Å². The highest BCUT2D eigenvalue weighted by Crippen LogP contribution is 2.35. The van der Waals surface area contributed by atoms with Crippen LogP contribution in [0.5, 0.6) is 0 Å². The minimum absolute atomic E-state index is 0.565. The predicted molar refractivity (Wildman–Crippen MR) is 73.4 cm³/mol. The Balaban J connectivity index is 2.63. The highest BCUT2D eigenvalue weighted by Gasteiger charge is 2.44. The summed E-state index contributed by atoms with van der Waals surface area (Å²) in [4.78, 5) is 28.4. The maximum atomic E-state index is 11.5. The maximum Gasteiger partial charge on any atom is 0.470 e. The molecule has 0 aromatic rings. The molecule has 8 N–H and O–H groups in total. The molecule has 0 aromatic heterocycles. The van der Waals surface area contributed by atoms with Gasteiger partial charge in [-0.05, 0) is 0 Å². The smallest absolute Gasteiger partial charge is 0.394 e. The van der Waals surface area contributed by atoms with E-state index in [-0.39, 0.29) is 0 Å². The summed E-state index contributed by atoms with van der Waals surface area (Å²) in [6, 6.07) is 0. The first-order chi connectivity index (χ1) is 11.0. The molecular weight excluding hydrogens is 355 g/mol. The molecular formula is C11H21O12P. The molecule has 0 aliphatic carbocycles. The normalized spacial score (nSPS) is 33.9. The lowest BCUT2D eigenvalue weighted by molar-refractivity contribution is -0.236. The quantitative estimate of drug-likeness (QED) is 0.189. The van der Waals surface area contributed by atoms with Crippen LogP contribution in [0, 0.1) is 0 Å². The summed E-state index contributed by atoms with van der Waals surface area (Å²) < 4.78 is 19.5. The zero-order chi connectivity index (χ0) is 18.7. The summed E-state index contributed by atoms with van der Waals surface area (Å²) in [6.07, 6.45) is -12.0. The van der Waals surface area contributed by atoms with Gasteiger partial charge >= 0.3 is 7.82 Å². The molecule has 12 nitrogen and oxygen atoms in total. The van der Waals surface area contributed by atoms with Crippen molar-refractivity contribution in [3.05, 3.63) is 0 Å². The monoisotopic (exact) mass is 376 g/mol. The van der Waals surface area contributed by atoms with E-state index in [1.54, 1.807) is 0 Å². The fourth-order valence-electron chi connectivity index (χ4n) is 2.19. The van der Waals surface area contributed by atoms with Crippen molar-refractivity contribution in [2.24, 2.45) is 0 Å². The van der Waals surface area contributed by atoms with Crippen LogP contribution in [-0.2, 0) is 18.6 Å². The first-order valence-corrected chi connectivity index (χ1v) is 8.40. The third-order valence-corrected chi connectivity index (χ3v) is 4.00. The van der Waals surface area contributed by atoms with Crippen molar-refractivity contribution in [3.8, 4) is 0 Å². The molecule has 1 rings (SSSR count). The Bertz CT molecular complexity index is 464. The second-order valence-corrected chi connectivity index (χ2v) is 6.58. The molecule has 24 heavy (non-hydrogen) atoms. The lowest BCUT2D eigenvalue weighted by Crippen LogP contribution is -2.59. The Hall–Kier alpha value is -0.500. The van der Waals surface area contributed by atoms with Crippen LogP contribution >= 0.6 is 7.82 Å². The first kappa shape index (κ1) is 21.5. The predicted octanol–water partition coefficient (Wildman–Crippen LogP) is -4.38. The molecule has 1 fully saturated rings. The van der Waals surface area contributed by atoms with Gasteiger partial charge in [0.25, 0.3) is 0 Å². The van der Waals surface area contributed by atoms with E-state index < -0.39 is 76.0 Å². The largest absolute Gasteiger partial charge is 0.470 e. The van der Waals surface area contributed by atoms with E-state index >= 15 is 0 Å². The van der Waals surface area contributed by atoms with Gasteiger partial charge in [0.15, 0.2) is 5.78 Å². The lowest BCUT2D eigenvalue weighted by atomic mass is 9.91. The Labute approximate surface area is 136 Å². The van der Waals surface area contributed by atoms with E-state index in [1.165, 1.54) is 0 Å². The van der Waals surface area contributed by atoms with Crippen LogP contribution in [-0.4, -0.2) is 102 Å². The van der Waals surface area contributed by atoms with E-state index in [9.17, 15) is 34.9 Å². The van der Waals surface area contributed by atoms with E-state index in [0.29, 0.717) is 0 Å². The molecule has 0 saturated carbocycles. The zero-order valence-corrected chi connectivity index (χ0v) is 13.2. The second kappa shape index (κ2) is 8.74. The van der Waals surface area contributed by atoms with Crippen LogP contribution in [0.4, 0.5) is 0 Å². The minimum atomic E-state index is -4.93. The van der Waals surface area contributed by atoms with Crippen molar-refractivity contribution in [2.45, 2.75) is 49.1 Å². The molecule has 0 unspecified atom stereocenters. The van der Waals surface area contributed by atoms with E-state index in [1.807, 2.05) is 0 Å². The topological polar surface area (TPSA) is 214 Å². The van der Waals surface area contributed by atoms with Crippen LogP contribution in [0.1, 0.15) is 6.42 Å². The van der Waals surface area contributed by atoms with Gasteiger partial charge in [-0.15, -0.1) is 0 Å². The summed E-state index contributed by atoms with van der Waals surface area (Å²) in [5.41, 5.74) is 0. The number of Topliss-reactive ketones (excluding diaryl/α,β-unsaturated/α-hetero) is 1. The number of aliphatic hydroxyl groups is 6. The van der Waals surface area contributed by atoms with Gasteiger partial charge in [-0.25, -0.2) is 4.57 Å². The minimum Gasteiger partial charge on any atom is -0.394 e. The van der Waals surface area contributed by atoms with Crippen LogP contribution in [0.25, 0.3) is 0 Å². The third-order valence-electron chi connectivity index (χ3n) is 3.53. The molecule has 1 saturated heterocycles. The molecule has 1 aliphatic heterocycles. The average Bonchev–Trinajstić information content (AvgIpc) is 2.51. The van der Waals surface area contributed by atoms with Crippen LogP contribution in [0.15, 0.2) is 0 Å². The number of phosphoric acid groups is 1. The van der Waals surface area contributed by atoms with Gasteiger partial charge in [-0.2, -0.15) is 0 Å². The maximum absolute atomic E-state index is 11.5. The Morgan fingerprint density at radius 2 is 1.62 bits per heavy atom. The zero-order valence-electron chi connectivity index (χ0n) is 12.3. The number of ether oxygens (including phenoxy) is 1. The number of ketones is 1. The van der Waals surface area contributed by atoms with Crippen molar-refractivity contribution in [2.75, 3.05) is 13.2 Å². The van der Waals surface area contributed by atoms with Crippen molar-refractivity contribution in [1.29, 1.82) is 0 Å². The van der Waals surface area contributed by atoms with Crippen LogP contribution in [0.3, 0.4) is 0 Å². The van der Waals surface area contributed by atoms with Crippen LogP contribution < -0.4 is 0 Å². The summed E-state index contributed by atoms with van der Waals surface area (Å²) in [6.45, 7) is -1.84. The van der Waals surface area contributed by atoms with E-state index in [2.05, 4.69) is 4.52 Å². The fourth-order valence-corrected chi connectivity index (χ4v) is 2.48. The molecule has 0 radical (unpaired) electrons. The number of rotatable bonds is 8. The fraction of sp³-hybridized carbons (Fsp3) is 0.909. The second-order valence-electron chi connectivity index (χ2n) is 5.35. The van der Waals surface area contributed by atoms with Crippen molar-refractivity contribution >= 4 is 13.6 Å². The summed E-state index contributed by atoms with van der Waals surface area (Å²) >= 11 is 0. The molecule has 1 aliphatic rings. The third kappa shape index (κ3) is 5.79. The summed E-state index contributed by atoms with van der Waals surface area (Å²) in [5, 5.41) is 57.4. The van der Waals surface area contributed by atoms with Crippen molar-refractivity contribution < 1.29 is 59.0 Å². The van der Waals surface area contributed by atoms with Gasteiger partial charge in [0.05, 0.1) is 18.8 Å². The standard InChI is InChI=1S/C11H21O12P/c12-2-7-10(17)11(18)9(16)6(23-7)1-4(13)8(15)5(14)3-22-24(19,20)21/h4,6-13,15-18H,1-3H2,(H2,19,20,21)/t4-,6-,7-,8+,9-,10-,11-/m1/s1. The molecule has 1 heterocycles. The van der Waals surface area contributed by atoms with Gasteiger partial charge in [-0.3, -0.25) is 9.32 Å². The van der Waals surface area contributed by atoms with Crippen molar-refractivity contribution in [1.82, 2.24) is 0 Å². The summed E-state index contributed by atoms with van der Waals surface area (Å²) in [7, 11) is -4.93. The molecule has 142 valence electrons. The van der Waals surface area contributed by atoms with Gasteiger partial charge in [0, 0.05) is 6.42 Å².